The number of hydrogen-bond donors (Lipinski definition) is 1. The fourth-order valence-corrected chi connectivity index (χ4v) is 3.41. The van der Waals surface area contributed by atoms with Gasteiger partial charge >= 0.3 is 6.18 Å². The van der Waals surface area contributed by atoms with E-state index in [1.165, 1.54) is 12.1 Å². The molecule has 2 aromatic rings. The van der Waals surface area contributed by atoms with Crippen molar-refractivity contribution in [3.63, 3.8) is 0 Å². The summed E-state index contributed by atoms with van der Waals surface area (Å²) in [7, 11) is 0. The lowest BCUT2D eigenvalue weighted by Crippen LogP contribution is -2.37. The number of hydrogen-bond acceptors (Lipinski definition) is 6. The predicted molar refractivity (Wildman–Crippen MR) is 102 cm³/mol. The first-order valence-electron chi connectivity index (χ1n) is 8.79. The van der Waals surface area contributed by atoms with Crippen molar-refractivity contribution in [2.24, 2.45) is 0 Å². The van der Waals surface area contributed by atoms with Gasteiger partial charge in [0.05, 0.1) is 11.6 Å². The van der Waals surface area contributed by atoms with E-state index >= 15 is 0 Å². The zero-order valence-corrected chi connectivity index (χ0v) is 16.0. The van der Waals surface area contributed by atoms with E-state index in [0.717, 1.165) is 6.07 Å². The van der Waals surface area contributed by atoms with E-state index < -0.39 is 48.5 Å². The Kier molecular flexibility index (Phi) is 6.14. The highest BCUT2D eigenvalue weighted by Crippen LogP contribution is 2.34. The zero-order chi connectivity index (χ0) is 22.1. The van der Waals surface area contributed by atoms with Gasteiger partial charge in [-0.25, -0.2) is 9.37 Å². The summed E-state index contributed by atoms with van der Waals surface area (Å²) < 4.78 is 52.5. The molecular formula is C19H14ClF4N4O2-. The summed E-state index contributed by atoms with van der Waals surface area (Å²) in [6.45, 7) is 0. The SMILES string of the molecule is N#Cc1cc(F)c(NC(CCC(F)(F)F)CC2C(=O)c3ccccc3N2[O-])nc1Cl. The largest absolute Gasteiger partial charge is 0.758 e. The molecule has 1 aliphatic rings. The Bertz CT molecular complexity index is 1010. The summed E-state index contributed by atoms with van der Waals surface area (Å²) in [5, 5.41) is 24.0. The Morgan fingerprint density at radius 2 is 2.07 bits per heavy atom. The molecule has 0 fully saturated rings. The predicted octanol–water partition coefficient (Wildman–Crippen LogP) is 4.83. The number of aromatic nitrogens is 1. The molecule has 1 aromatic carbocycles. The molecule has 0 saturated carbocycles. The molecule has 0 saturated heterocycles. The number of carbonyl (C=O) groups excluding carboxylic acids is 1. The van der Waals surface area contributed by atoms with Crippen LogP contribution < -0.4 is 10.4 Å². The number of pyridine rings is 1. The van der Waals surface area contributed by atoms with Gasteiger partial charge in [0.2, 0.25) is 0 Å². The van der Waals surface area contributed by atoms with Crippen molar-refractivity contribution in [2.45, 2.75) is 37.5 Å². The average Bonchev–Trinajstić information content (AvgIpc) is 2.93. The van der Waals surface area contributed by atoms with Crippen molar-refractivity contribution in [3.8, 4) is 6.07 Å². The van der Waals surface area contributed by atoms with Crippen LogP contribution in [0.5, 0.6) is 0 Å². The van der Waals surface area contributed by atoms with E-state index in [0.29, 0.717) is 5.06 Å². The maximum Gasteiger partial charge on any atom is 0.389 e. The minimum atomic E-state index is -4.49. The molecule has 158 valence electrons. The number of para-hydroxylation sites is 1. The molecule has 2 unspecified atom stereocenters. The van der Waals surface area contributed by atoms with Crippen LogP contribution in [0.15, 0.2) is 30.3 Å². The Labute approximate surface area is 173 Å². The number of alkyl halides is 3. The van der Waals surface area contributed by atoms with Crippen LogP contribution in [0.4, 0.5) is 29.1 Å². The highest BCUT2D eigenvalue weighted by Gasteiger charge is 2.36. The monoisotopic (exact) mass is 441 g/mol. The third-order valence-electron chi connectivity index (χ3n) is 4.67. The molecule has 0 aliphatic carbocycles. The number of benzene rings is 1. The Balaban J connectivity index is 1.84. The Morgan fingerprint density at radius 3 is 2.70 bits per heavy atom. The summed E-state index contributed by atoms with van der Waals surface area (Å²) >= 11 is 5.78. The third-order valence-corrected chi connectivity index (χ3v) is 4.96. The summed E-state index contributed by atoms with van der Waals surface area (Å²) in [6.07, 6.45) is -6.56. The molecular weight excluding hydrogens is 428 g/mol. The molecule has 1 aromatic heterocycles. The van der Waals surface area contributed by atoms with Gasteiger partial charge in [-0.1, -0.05) is 23.7 Å². The number of ketones is 1. The molecule has 2 atom stereocenters. The van der Waals surface area contributed by atoms with E-state index in [4.69, 9.17) is 16.9 Å². The standard InChI is InChI=1S/C19H14ClF4N4O2/c20-17-10(9-25)7-13(21)18(27-17)26-11(5-6-19(22,23)24)8-15-16(29)12-3-1-2-4-14(12)28(15)30/h1-4,7,11,15H,5-6,8H2,(H,26,27)/q-1. The van der Waals surface area contributed by atoms with E-state index in [-0.39, 0.29) is 28.4 Å². The normalized spacial score (nSPS) is 16.9. The van der Waals surface area contributed by atoms with Gasteiger partial charge in [0.1, 0.15) is 11.2 Å². The smallest absolute Gasteiger partial charge is 0.389 e. The average molecular weight is 442 g/mol. The molecule has 1 aliphatic heterocycles. The van der Waals surface area contributed by atoms with Crippen LogP contribution >= 0.6 is 11.6 Å². The van der Waals surface area contributed by atoms with Crippen LogP contribution in [0.2, 0.25) is 5.15 Å². The molecule has 11 heteroatoms. The molecule has 30 heavy (non-hydrogen) atoms. The van der Waals surface area contributed by atoms with Crippen molar-refractivity contribution in [3.05, 3.63) is 57.6 Å². The maximum atomic E-state index is 14.2. The number of rotatable bonds is 6. The van der Waals surface area contributed by atoms with Gasteiger partial charge in [-0.3, -0.25) is 4.79 Å². The number of nitrogens with zero attached hydrogens (tertiary/aromatic N) is 3. The van der Waals surface area contributed by atoms with E-state index in [2.05, 4.69) is 10.3 Å². The topological polar surface area (TPSA) is 92.1 Å². The first-order valence-corrected chi connectivity index (χ1v) is 9.17. The van der Waals surface area contributed by atoms with Crippen molar-refractivity contribution in [1.29, 1.82) is 5.26 Å². The number of anilines is 2. The molecule has 0 spiro atoms. The molecule has 0 amide bonds. The van der Waals surface area contributed by atoms with Crippen molar-refractivity contribution in [2.75, 3.05) is 10.4 Å². The lowest BCUT2D eigenvalue weighted by Gasteiger charge is -2.34. The number of hydroxylamine groups is 1. The summed E-state index contributed by atoms with van der Waals surface area (Å²) in [6, 6.07) is 6.11. The first kappa shape index (κ1) is 21.8. The molecule has 3 rings (SSSR count). The van der Waals surface area contributed by atoms with Gasteiger partial charge in [-0.15, -0.1) is 0 Å². The van der Waals surface area contributed by atoms with Gasteiger partial charge in [0.15, 0.2) is 17.4 Å². The third kappa shape index (κ3) is 4.63. The summed E-state index contributed by atoms with van der Waals surface area (Å²) in [5.41, 5.74) is 0.0734. The van der Waals surface area contributed by atoms with Crippen LogP contribution in [0.25, 0.3) is 0 Å². The highest BCUT2D eigenvalue weighted by molar-refractivity contribution is 6.30. The molecule has 2 heterocycles. The first-order chi connectivity index (χ1) is 14.1. The van der Waals surface area contributed by atoms with Crippen LogP contribution in [0, 0.1) is 22.4 Å². The highest BCUT2D eigenvalue weighted by atomic mass is 35.5. The molecule has 6 nitrogen and oxygen atoms in total. The van der Waals surface area contributed by atoms with Crippen molar-refractivity contribution in [1.82, 2.24) is 4.98 Å². The number of Topliss-reactive ketones (excluding diaryl/α,β-unsaturated/α-hetero) is 1. The summed E-state index contributed by atoms with van der Waals surface area (Å²) in [4.78, 5) is 16.2. The van der Waals surface area contributed by atoms with Crippen LogP contribution in [-0.4, -0.2) is 29.0 Å². The Hall–Kier alpha value is -2.90. The van der Waals surface area contributed by atoms with Gasteiger partial charge in [-0.2, -0.15) is 18.4 Å². The minimum absolute atomic E-state index is 0.132. The van der Waals surface area contributed by atoms with E-state index in [1.807, 2.05) is 0 Å². The number of carbonyl (C=O) groups is 1. The van der Waals surface area contributed by atoms with Crippen LogP contribution in [0.3, 0.4) is 0 Å². The van der Waals surface area contributed by atoms with Gasteiger partial charge < -0.3 is 15.6 Å². The number of fused-ring (bicyclic) bond motifs is 1. The number of nitriles is 1. The second-order valence-electron chi connectivity index (χ2n) is 6.72. The van der Waals surface area contributed by atoms with Crippen LogP contribution in [-0.2, 0) is 0 Å². The Morgan fingerprint density at radius 1 is 1.37 bits per heavy atom. The molecule has 0 radical (unpaired) electrons. The van der Waals surface area contributed by atoms with Gasteiger partial charge in [0, 0.05) is 23.7 Å². The second kappa shape index (κ2) is 8.45. The lowest BCUT2D eigenvalue weighted by atomic mass is 9.98. The van der Waals surface area contributed by atoms with E-state index in [9.17, 15) is 27.6 Å². The van der Waals surface area contributed by atoms with Crippen molar-refractivity contribution >= 4 is 28.9 Å². The van der Waals surface area contributed by atoms with Crippen LogP contribution in [0.1, 0.15) is 35.2 Å². The number of halogens is 5. The van der Waals surface area contributed by atoms with Gasteiger partial charge in [0.25, 0.3) is 0 Å². The number of nitrogens with one attached hydrogen (secondary N) is 1. The summed E-state index contributed by atoms with van der Waals surface area (Å²) in [5.74, 6) is -1.98. The van der Waals surface area contributed by atoms with Gasteiger partial charge in [-0.05, 0) is 31.0 Å². The van der Waals surface area contributed by atoms with Crippen molar-refractivity contribution < 1.29 is 22.4 Å². The molecule has 1 N–H and O–H groups in total. The minimum Gasteiger partial charge on any atom is -0.758 e. The quantitative estimate of drug-likeness (QED) is 0.510. The lowest BCUT2D eigenvalue weighted by molar-refractivity contribution is -0.136. The van der Waals surface area contributed by atoms with E-state index in [1.54, 1.807) is 18.2 Å². The fraction of sp³-hybridized carbons (Fsp3) is 0.316. The zero-order valence-electron chi connectivity index (χ0n) is 15.2. The maximum absolute atomic E-state index is 14.2. The molecule has 0 bridgehead atoms. The second-order valence-corrected chi connectivity index (χ2v) is 7.08. The fourth-order valence-electron chi connectivity index (χ4n) is 3.23.